The zero-order chi connectivity index (χ0) is 15.0. The lowest BCUT2D eigenvalue weighted by molar-refractivity contribution is 0.0817. The van der Waals surface area contributed by atoms with E-state index in [2.05, 4.69) is 40.5 Å². The van der Waals surface area contributed by atoms with Crippen molar-refractivity contribution in [3.63, 3.8) is 0 Å². The van der Waals surface area contributed by atoms with Gasteiger partial charge >= 0.3 is 0 Å². The van der Waals surface area contributed by atoms with Gasteiger partial charge in [-0.2, -0.15) is 0 Å². The molecular weight excluding hydrogens is 275 g/mol. The molecule has 2 aromatic rings. The Morgan fingerprint density at radius 1 is 1.00 bits per heavy atom. The molecule has 22 heavy (non-hydrogen) atoms. The fraction of sp³-hybridized carbons (Fsp3) is 0.368. The minimum atomic E-state index is -0.157. The Morgan fingerprint density at radius 2 is 1.77 bits per heavy atom. The Labute approximate surface area is 131 Å². The number of nitrogens with one attached hydrogen (secondary N) is 1. The highest BCUT2D eigenvalue weighted by Gasteiger charge is 2.53. The molecule has 3 heteroatoms. The van der Waals surface area contributed by atoms with E-state index in [4.69, 9.17) is 0 Å². The zero-order valence-corrected chi connectivity index (χ0v) is 12.6. The molecule has 1 N–H and O–H groups in total. The molecule has 2 nitrogen and oxygen atoms in total. The van der Waals surface area contributed by atoms with Crippen molar-refractivity contribution in [2.75, 3.05) is 24.5 Å². The van der Waals surface area contributed by atoms with Crippen LogP contribution in [-0.4, -0.2) is 19.6 Å². The standard InChI is InChI=1S/C19H21FN2/c20-16-7-4-8-17(13-16)22-14-19(9-11-21-12-10-19)18(22)15-5-2-1-3-6-15/h1-8,13,18,21H,9-12,14H2/t18-/m0/s1. The van der Waals surface area contributed by atoms with Gasteiger partial charge in [0.1, 0.15) is 5.82 Å². The molecule has 1 spiro atoms. The molecular formula is C19H21FN2. The van der Waals surface area contributed by atoms with Crippen LogP contribution in [0.25, 0.3) is 0 Å². The van der Waals surface area contributed by atoms with E-state index in [-0.39, 0.29) is 5.82 Å². The van der Waals surface area contributed by atoms with E-state index in [1.807, 2.05) is 6.07 Å². The van der Waals surface area contributed by atoms with Crippen molar-refractivity contribution in [2.45, 2.75) is 18.9 Å². The number of anilines is 1. The van der Waals surface area contributed by atoms with Crippen molar-refractivity contribution in [3.8, 4) is 0 Å². The maximum Gasteiger partial charge on any atom is 0.125 e. The SMILES string of the molecule is Fc1cccc(N2CC3(CCNCC3)[C@@H]2c2ccccc2)c1. The van der Waals surface area contributed by atoms with Crippen molar-refractivity contribution < 1.29 is 4.39 Å². The molecule has 2 aromatic carbocycles. The summed E-state index contributed by atoms with van der Waals surface area (Å²) in [5, 5.41) is 3.47. The van der Waals surface area contributed by atoms with Crippen LogP contribution in [0, 0.1) is 11.2 Å². The molecule has 1 atom stereocenters. The summed E-state index contributed by atoms with van der Waals surface area (Å²) in [6.07, 6.45) is 2.39. The van der Waals surface area contributed by atoms with Crippen molar-refractivity contribution in [3.05, 3.63) is 66.0 Å². The molecule has 0 saturated carbocycles. The number of rotatable bonds is 2. The Balaban J connectivity index is 1.71. The van der Waals surface area contributed by atoms with E-state index < -0.39 is 0 Å². The van der Waals surface area contributed by atoms with Crippen molar-refractivity contribution in [2.24, 2.45) is 5.41 Å². The third-order valence-corrected chi connectivity index (χ3v) is 5.23. The second-order valence-electron chi connectivity index (χ2n) is 6.53. The second-order valence-corrected chi connectivity index (χ2v) is 6.53. The number of hydrogen-bond acceptors (Lipinski definition) is 2. The summed E-state index contributed by atoms with van der Waals surface area (Å²) in [5.41, 5.74) is 2.68. The van der Waals surface area contributed by atoms with E-state index in [9.17, 15) is 4.39 Å². The van der Waals surface area contributed by atoms with Crippen LogP contribution in [0.2, 0.25) is 0 Å². The first-order valence-corrected chi connectivity index (χ1v) is 8.06. The number of nitrogens with zero attached hydrogens (tertiary/aromatic N) is 1. The van der Waals surface area contributed by atoms with Crippen LogP contribution >= 0.6 is 0 Å². The van der Waals surface area contributed by atoms with E-state index in [1.165, 1.54) is 24.5 Å². The normalized spacial score (nSPS) is 23.3. The second kappa shape index (κ2) is 5.40. The lowest BCUT2D eigenvalue weighted by atomic mass is 9.63. The van der Waals surface area contributed by atoms with Crippen LogP contribution in [0.3, 0.4) is 0 Å². The molecule has 0 bridgehead atoms. The van der Waals surface area contributed by atoms with Gasteiger partial charge in [0.2, 0.25) is 0 Å². The Morgan fingerprint density at radius 3 is 2.50 bits per heavy atom. The van der Waals surface area contributed by atoms with Crippen LogP contribution in [0.15, 0.2) is 54.6 Å². The summed E-state index contributed by atoms with van der Waals surface area (Å²) in [5.74, 6) is -0.157. The van der Waals surface area contributed by atoms with Crippen molar-refractivity contribution >= 4 is 5.69 Å². The maximum atomic E-state index is 13.6. The maximum absolute atomic E-state index is 13.6. The fourth-order valence-electron chi connectivity index (χ4n) is 4.16. The van der Waals surface area contributed by atoms with Gasteiger partial charge in [-0.3, -0.25) is 0 Å². The topological polar surface area (TPSA) is 15.3 Å². The van der Waals surface area contributed by atoms with Crippen LogP contribution in [0.1, 0.15) is 24.4 Å². The number of hydrogen-bond donors (Lipinski definition) is 1. The smallest absolute Gasteiger partial charge is 0.125 e. The first-order chi connectivity index (χ1) is 10.8. The van der Waals surface area contributed by atoms with Gasteiger partial charge in [0.05, 0.1) is 6.04 Å². The largest absolute Gasteiger partial charge is 0.363 e. The highest BCUT2D eigenvalue weighted by Crippen LogP contribution is 2.55. The molecule has 0 aliphatic carbocycles. The van der Waals surface area contributed by atoms with Gasteiger partial charge in [0, 0.05) is 17.6 Å². The molecule has 0 unspecified atom stereocenters. The third-order valence-electron chi connectivity index (χ3n) is 5.23. The number of piperidine rings is 1. The van der Waals surface area contributed by atoms with Crippen molar-refractivity contribution in [1.82, 2.24) is 5.32 Å². The quantitative estimate of drug-likeness (QED) is 0.908. The van der Waals surface area contributed by atoms with E-state index in [1.54, 1.807) is 12.1 Å². The minimum Gasteiger partial charge on any atom is -0.363 e. The zero-order valence-electron chi connectivity index (χ0n) is 12.6. The summed E-state index contributed by atoms with van der Waals surface area (Å²) in [4.78, 5) is 2.36. The lowest BCUT2D eigenvalue weighted by Gasteiger charge is -2.60. The number of benzene rings is 2. The van der Waals surface area contributed by atoms with Crippen LogP contribution in [0.5, 0.6) is 0 Å². The summed E-state index contributed by atoms with van der Waals surface area (Å²) in [7, 11) is 0. The van der Waals surface area contributed by atoms with Gasteiger partial charge < -0.3 is 10.2 Å². The summed E-state index contributed by atoms with van der Waals surface area (Å²) < 4.78 is 13.6. The predicted octanol–water partition coefficient (Wildman–Crippen LogP) is 3.76. The molecule has 2 saturated heterocycles. The molecule has 2 fully saturated rings. The van der Waals surface area contributed by atoms with Gasteiger partial charge in [-0.15, -0.1) is 0 Å². The molecule has 0 amide bonds. The van der Waals surface area contributed by atoms with Gasteiger partial charge in [0.15, 0.2) is 0 Å². The molecule has 114 valence electrons. The van der Waals surface area contributed by atoms with Crippen LogP contribution in [-0.2, 0) is 0 Å². The summed E-state index contributed by atoms with van der Waals surface area (Å²) >= 11 is 0. The Bertz CT molecular complexity index is 649. The average molecular weight is 296 g/mol. The monoisotopic (exact) mass is 296 g/mol. The van der Waals surface area contributed by atoms with Gasteiger partial charge in [-0.25, -0.2) is 4.39 Å². The van der Waals surface area contributed by atoms with Gasteiger partial charge in [-0.1, -0.05) is 36.4 Å². The molecule has 4 rings (SSSR count). The van der Waals surface area contributed by atoms with Gasteiger partial charge in [-0.05, 0) is 49.7 Å². The van der Waals surface area contributed by atoms with Gasteiger partial charge in [0.25, 0.3) is 0 Å². The van der Waals surface area contributed by atoms with Crippen molar-refractivity contribution in [1.29, 1.82) is 0 Å². The molecule has 0 aromatic heterocycles. The first kappa shape index (κ1) is 13.8. The van der Waals surface area contributed by atoms with E-state index in [0.29, 0.717) is 11.5 Å². The summed E-state index contributed by atoms with van der Waals surface area (Å²) in [6.45, 7) is 3.19. The fourth-order valence-corrected chi connectivity index (χ4v) is 4.16. The van der Waals surface area contributed by atoms with Crippen LogP contribution in [0.4, 0.5) is 10.1 Å². The Hall–Kier alpha value is -1.87. The highest BCUT2D eigenvalue weighted by atomic mass is 19.1. The first-order valence-electron chi connectivity index (χ1n) is 8.06. The molecule has 2 aliphatic rings. The molecule has 2 heterocycles. The minimum absolute atomic E-state index is 0.157. The average Bonchev–Trinajstić information content (AvgIpc) is 2.55. The van der Waals surface area contributed by atoms with E-state index >= 15 is 0 Å². The lowest BCUT2D eigenvalue weighted by Crippen LogP contribution is -2.62. The van der Waals surface area contributed by atoms with Crippen LogP contribution < -0.4 is 10.2 Å². The summed E-state index contributed by atoms with van der Waals surface area (Å²) in [6, 6.07) is 18.0. The Kier molecular flexibility index (Phi) is 3.38. The number of halogens is 1. The molecule has 0 radical (unpaired) electrons. The van der Waals surface area contributed by atoms with E-state index in [0.717, 1.165) is 25.3 Å². The highest BCUT2D eigenvalue weighted by molar-refractivity contribution is 5.54. The third kappa shape index (κ3) is 2.20. The predicted molar refractivity (Wildman–Crippen MR) is 87.5 cm³/mol. The molecule has 2 aliphatic heterocycles.